The number of aliphatic hydroxyl groups excluding tert-OH is 2. The molecule has 0 saturated carbocycles. The first kappa shape index (κ1) is 9.05. The minimum atomic E-state index is 0.112. The van der Waals surface area contributed by atoms with Gasteiger partial charge >= 0.3 is 0 Å². The molecule has 0 aliphatic carbocycles. The molecular formula is C5H12NO2P. The summed E-state index contributed by atoms with van der Waals surface area (Å²) in [5.41, 5.74) is 0. The van der Waals surface area contributed by atoms with Crippen LogP contribution < -0.4 is 0 Å². The molecule has 4 heteroatoms. The molecule has 0 aliphatic heterocycles. The fourth-order valence-electron chi connectivity index (χ4n) is 0.498. The van der Waals surface area contributed by atoms with Gasteiger partial charge < -0.3 is 10.2 Å². The van der Waals surface area contributed by atoms with Crippen LogP contribution in [0.25, 0.3) is 0 Å². The average molecular weight is 149 g/mol. The Bertz CT molecular complexity index is 73.4. The Morgan fingerprint density at radius 3 is 1.89 bits per heavy atom. The third-order valence-electron chi connectivity index (χ3n) is 0.957. The highest BCUT2D eigenvalue weighted by molar-refractivity contribution is 7.18. The van der Waals surface area contributed by atoms with Gasteiger partial charge in [-0.2, -0.15) is 0 Å². The second-order valence-corrected chi connectivity index (χ2v) is 1.87. The van der Waals surface area contributed by atoms with Crippen molar-refractivity contribution in [3.05, 3.63) is 0 Å². The molecule has 9 heavy (non-hydrogen) atoms. The van der Waals surface area contributed by atoms with Crippen molar-refractivity contribution in [1.82, 2.24) is 4.90 Å². The maximum Gasteiger partial charge on any atom is 0.0562 e. The first-order valence-electron chi connectivity index (χ1n) is 2.81. The predicted octanol–water partition coefficient (Wildman–Crippen LogP) is -0.825. The standard InChI is InChI=1S/C5H12NO2P/c7-3-1-6(5-9)2-4-8/h5,7-9H,1-4H2. The van der Waals surface area contributed by atoms with Gasteiger partial charge in [0.05, 0.1) is 13.2 Å². The molecule has 0 aromatic carbocycles. The van der Waals surface area contributed by atoms with E-state index in [-0.39, 0.29) is 13.2 Å². The summed E-state index contributed by atoms with van der Waals surface area (Å²) in [5.74, 6) is 1.66. The van der Waals surface area contributed by atoms with E-state index < -0.39 is 0 Å². The van der Waals surface area contributed by atoms with Crippen molar-refractivity contribution in [3.63, 3.8) is 0 Å². The highest BCUT2D eigenvalue weighted by Gasteiger charge is 1.95. The maximum atomic E-state index is 8.43. The Labute approximate surface area is 57.1 Å². The van der Waals surface area contributed by atoms with Crippen LogP contribution in [0.5, 0.6) is 0 Å². The lowest BCUT2D eigenvalue weighted by molar-refractivity contribution is 0.217. The Morgan fingerprint density at radius 1 is 1.22 bits per heavy atom. The van der Waals surface area contributed by atoms with Crippen molar-refractivity contribution in [1.29, 1.82) is 0 Å². The summed E-state index contributed by atoms with van der Waals surface area (Å²) < 4.78 is 0. The summed E-state index contributed by atoms with van der Waals surface area (Å²) in [7, 11) is 3.14. The zero-order valence-electron chi connectivity index (χ0n) is 5.25. The van der Waals surface area contributed by atoms with E-state index in [0.29, 0.717) is 13.1 Å². The normalized spacial score (nSPS) is 10.1. The van der Waals surface area contributed by atoms with Crippen LogP contribution in [0.2, 0.25) is 0 Å². The van der Waals surface area contributed by atoms with Crippen molar-refractivity contribution < 1.29 is 10.2 Å². The average Bonchev–Trinajstić information content (AvgIpc) is 1.88. The molecule has 0 fully saturated rings. The molecule has 0 rings (SSSR count). The van der Waals surface area contributed by atoms with E-state index in [1.807, 2.05) is 0 Å². The smallest absolute Gasteiger partial charge is 0.0562 e. The third kappa shape index (κ3) is 4.55. The lowest BCUT2D eigenvalue weighted by atomic mass is 10.5. The SMILES string of the molecule is OCCN(C=P)CCO. The number of hydrogen-bond acceptors (Lipinski definition) is 2. The molecule has 0 spiro atoms. The third-order valence-corrected chi connectivity index (χ3v) is 1.32. The lowest BCUT2D eigenvalue weighted by Gasteiger charge is -2.12. The van der Waals surface area contributed by atoms with Gasteiger partial charge in [0, 0.05) is 19.0 Å². The first-order chi connectivity index (χ1) is 4.35. The maximum absolute atomic E-state index is 8.43. The molecule has 0 bridgehead atoms. The van der Waals surface area contributed by atoms with Crippen LogP contribution in [0.15, 0.2) is 0 Å². The second-order valence-electron chi connectivity index (χ2n) is 1.61. The first-order valence-corrected chi connectivity index (χ1v) is 3.39. The van der Waals surface area contributed by atoms with Gasteiger partial charge in [0.2, 0.25) is 0 Å². The topological polar surface area (TPSA) is 43.7 Å². The summed E-state index contributed by atoms with van der Waals surface area (Å²) in [6, 6.07) is 0. The molecule has 0 aliphatic rings. The van der Waals surface area contributed by atoms with Gasteiger partial charge in [-0.25, -0.2) is 0 Å². The van der Waals surface area contributed by atoms with Crippen molar-refractivity contribution in [2.24, 2.45) is 0 Å². The molecule has 54 valence electrons. The van der Waals surface area contributed by atoms with E-state index in [4.69, 9.17) is 10.2 Å². The van der Waals surface area contributed by atoms with Crippen LogP contribution in [0.1, 0.15) is 0 Å². The van der Waals surface area contributed by atoms with Crippen LogP contribution in [0.4, 0.5) is 0 Å². The molecular weight excluding hydrogens is 137 g/mol. The largest absolute Gasteiger partial charge is 0.395 e. The number of hydrogen-bond donors (Lipinski definition) is 2. The number of rotatable bonds is 5. The van der Waals surface area contributed by atoms with Gasteiger partial charge in [-0.05, 0) is 0 Å². The quantitative estimate of drug-likeness (QED) is 0.502. The van der Waals surface area contributed by atoms with E-state index >= 15 is 0 Å². The second kappa shape index (κ2) is 6.17. The molecule has 2 N–H and O–H groups in total. The monoisotopic (exact) mass is 149 g/mol. The van der Waals surface area contributed by atoms with Gasteiger partial charge in [-0.15, -0.1) is 8.86 Å². The van der Waals surface area contributed by atoms with Crippen molar-refractivity contribution in [2.75, 3.05) is 26.3 Å². The summed E-state index contributed by atoms with van der Waals surface area (Å²) in [6.07, 6.45) is 0. The van der Waals surface area contributed by atoms with Crippen LogP contribution >= 0.6 is 8.86 Å². The summed E-state index contributed by atoms with van der Waals surface area (Å²) in [4.78, 5) is 1.77. The van der Waals surface area contributed by atoms with E-state index in [9.17, 15) is 0 Å². The molecule has 3 nitrogen and oxygen atoms in total. The molecule has 0 aromatic rings. The molecule has 0 radical (unpaired) electrons. The van der Waals surface area contributed by atoms with E-state index in [1.165, 1.54) is 0 Å². The molecule has 0 atom stereocenters. The van der Waals surface area contributed by atoms with Crippen LogP contribution in [-0.2, 0) is 0 Å². The van der Waals surface area contributed by atoms with Crippen LogP contribution in [0.3, 0.4) is 0 Å². The van der Waals surface area contributed by atoms with Gasteiger partial charge in [-0.1, -0.05) is 0 Å². The van der Waals surface area contributed by atoms with Crippen molar-refractivity contribution >= 4 is 14.8 Å². The minimum Gasteiger partial charge on any atom is -0.395 e. The van der Waals surface area contributed by atoms with Crippen molar-refractivity contribution in [3.8, 4) is 0 Å². The van der Waals surface area contributed by atoms with Crippen LogP contribution in [-0.4, -0.2) is 47.3 Å². The fourth-order valence-corrected chi connectivity index (χ4v) is 0.756. The van der Waals surface area contributed by atoms with E-state index in [2.05, 4.69) is 8.86 Å². The molecule has 0 amide bonds. The predicted molar refractivity (Wildman–Crippen MR) is 40.1 cm³/mol. The summed E-state index contributed by atoms with van der Waals surface area (Å²) >= 11 is 0. The highest BCUT2D eigenvalue weighted by Crippen LogP contribution is 1.81. The van der Waals surface area contributed by atoms with Gasteiger partial charge in [-0.3, -0.25) is 4.90 Å². The van der Waals surface area contributed by atoms with Gasteiger partial charge in [0.25, 0.3) is 0 Å². The molecule has 0 unspecified atom stereocenters. The zero-order valence-corrected chi connectivity index (χ0v) is 6.25. The summed E-state index contributed by atoms with van der Waals surface area (Å²) in [5, 5.41) is 16.9. The lowest BCUT2D eigenvalue weighted by Crippen LogP contribution is -2.27. The Balaban J connectivity index is 3.29. The van der Waals surface area contributed by atoms with Gasteiger partial charge in [0.15, 0.2) is 0 Å². The van der Waals surface area contributed by atoms with Crippen LogP contribution in [0, 0.1) is 0 Å². The highest BCUT2D eigenvalue weighted by atomic mass is 31.0. The summed E-state index contributed by atoms with van der Waals surface area (Å²) in [6.45, 7) is 1.34. The number of nitrogens with zero attached hydrogens (tertiary/aromatic N) is 1. The Morgan fingerprint density at radius 2 is 1.67 bits per heavy atom. The Kier molecular flexibility index (Phi) is 6.21. The molecule has 0 aromatic heterocycles. The minimum absolute atomic E-state index is 0.112. The van der Waals surface area contributed by atoms with E-state index in [1.54, 1.807) is 10.8 Å². The molecule has 0 heterocycles. The fraction of sp³-hybridized carbons (Fsp3) is 0.800. The zero-order chi connectivity index (χ0) is 7.11. The Hall–Kier alpha value is 0.0500. The van der Waals surface area contributed by atoms with Gasteiger partial charge in [0.1, 0.15) is 0 Å². The number of aliphatic hydroxyl groups is 2. The molecule has 0 saturated heterocycles. The van der Waals surface area contributed by atoms with E-state index in [0.717, 1.165) is 0 Å². The van der Waals surface area contributed by atoms with Crippen molar-refractivity contribution in [2.45, 2.75) is 0 Å².